The minimum absolute atomic E-state index is 0.300. The van der Waals surface area contributed by atoms with Crippen LogP contribution in [0.15, 0.2) is 39.7 Å². The zero-order valence-electron chi connectivity index (χ0n) is 11.0. The Labute approximate surface area is 130 Å². The average Bonchev–Trinajstić information content (AvgIpc) is 2.44. The second kappa shape index (κ2) is 6.29. The molecule has 2 aromatic rings. The number of hydrogen-bond donors (Lipinski definition) is 1. The predicted molar refractivity (Wildman–Crippen MR) is 85.1 cm³/mol. The molecule has 0 aliphatic rings. The first kappa shape index (κ1) is 14.9. The summed E-state index contributed by atoms with van der Waals surface area (Å²) in [6, 6.07) is 11.0. The highest BCUT2D eigenvalue weighted by Crippen LogP contribution is 2.31. The number of benzene rings is 2. The fourth-order valence-electron chi connectivity index (χ4n) is 1.85. The average molecular weight is 351 g/mol. The van der Waals surface area contributed by atoms with Crippen LogP contribution in [-0.2, 0) is 0 Å². The fourth-order valence-corrected chi connectivity index (χ4v) is 2.76. The van der Waals surface area contributed by atoms with Crippen LogP contribution in [-0.4, -0.2) is 6.26 Å². The number of anilines is 2. The maximum absolute atomic E-state index is 13.4. The summed E-state index contributed by atoms with van der Waals surface area (Å²) in [6.45, 7) is 1.82. The smallest absolute Gasteiger partial charge is 0.137 e. The van der Waals surface area contributed by atoms with E-state index in [0.717, 1.165) is 21.8 Å². The second-order valence-electron chi connectivity index (χ2n) is 4.20. The van der Waals surface area contributed by atoms with Crippen LogP contribution in [0.2, 0.25) is 0 Å². The molecule has 0 spiro atoms. The van der Waals surface area contributed by atoms with Crippen molar-refractivity contribution in [2.24, 2.45) is 0 Å². The van der Waals surface area contributed by atoms with E-state index in [1.54, 1.807) is 6.07 Å². The van der Waals surface area contributed by atoms with Crippen molar-refractivity contribution in [3.05, 3.63) is 51.7 Å². The van der Waals surface area contributed by atoms with Crippen molar-refractivity contribution in [3.8, 4) is 6.07 Å². The standard InChI is InChI=1S/C15H12BrFN2S/c1-9-6-12(17)11(16)7-14(9)19-13-4-3-5-15(20-2)10(13)8-18/h3-7,19H,1-2H3. The maximum atomic E-state index is 13.4. The van der Waals surface area contributed by atoms with E-state index in [-0.39, 0.29) is 5.82 Å². The van der Waals surface area contributed by atoms with Crippen molar-refractivity contribution in [2.45, 2.75) is 11.8 Å². The van der Waals surface area contributed by atoms with Crippen molar-refractivity contribution in [3.63, 3.8) is 0 Å². The fraction of sp³-hybridized carbons (Fsp3) is 0.133. The van der Waals surface area contributed by atoms with Gasteiger partial charge in [-0.1, -0.05) is 6.07 Å². The number of nitrogens with one attached hydrogen (secondary N) is 1. The largest absolute Gasteiger partial charge is 0.354 e. The van der Waals surface area contributed by atoms with E-state index in [2.05, 4.69) is 27.3 Å². The topological polar surface area (TPSA) is 35.8 Å². The highest BCUT2D eigenvalue weighted by Gasteiger charge is 2.10. The van der Waals surface area contributed by atoms with Gasteiger partial charge in [-0.3, -0.25) is 0 Å². The lowest BCUT2D eigenvalue weighted by Gasteiger charge is -2.13. The van der Waals surface area contributed by atoms with Crippen molar-refractivity contribution < 1.29 is 4.39 Å². The highest BCUT2D eigenvalue weighted by molar-refractivity contribution is 9.10. The van der Waals surface area contributed by atoms with Gasteiger partial charge in [-0.2, -0.15) is 5.26 Å². The molecule has 0 fully saturated rings. The Morgan fingerprint density at radius 1 is 1.30 bits per heavy atom. The van der Waals surface area contributed by atoms with Crippen LogP contribution >= 0.6 is 27.7 Å². The zero-order chi connectivity index (χ0) is 14.7. The Kier molecular flexibility index (Phi) is 4.69. The quantitative estimate of drug-likeness (QED) is 0.769. The Morgan fingerprint density at radius 2 is 2.05 bits per heavy atom. The van der Waals surface area contributed by atoms with E-state index >= 15 is 0 Å². The molecule has 0 atom stereocenters. The first-order chi connectivity index (χ1) is 9.56. The molecule has 0 heterocycles. The summed E-state index contributed by atoms with van der Waals surface area (Å²) < 4.78 is 13.8. The number of thioether (sulfide) groups is 1. The number of halogens is 2. The first-order valence-corrected chi connectivity index (χ1v) is 7.88. The zero-order valence-corrected chi connectivity index (χ0v) is 13.4. The molecule has 0 amide bonds. The monoisotopic (exact) mass is 350 g/mol. The minimum Gasteiger partial charge on any atom is -0.354 e. The van der Waals surface area contributed by atoms with Crippen LogP contribution in [0.5, 0.6) is 0 Å². The molecule has 0 aliphatic carbocycles. The van der Waals surface area contributed by atoms with E-state index < -0.39 is 0 Å². The number of hydrogen-bond acceptors (Lipinski definition) is 3. The van der Waals surface area contributed by atoms with Gasteiger partial charge in [0.05, 0.1) is 15.7 Å². The lowest BCUT2D eigenvalue weighted by molar-refractivity contribution is 0.620. The molecule has 2 aromatic carbocycles. The lowest BCUT2D eigenvalue weighted by atomic mass is 10.1. The molecule has 2 rings (SSSR count). The van der Waals surface area contributed by atoms with Gasteiger partial charge in [0.25, 0.3) is 0 Å². The van der Waals surface area contributed by atoms with Gasteiger partial charge in [0.1, 0.15) is 11.9 Å². The van der Waals surface area contributed by atoms with E-state index in [1.165, 1.54) is 17.8 Å². The SMILES string of the molecule is CSc1cccc(Nc2cc(Br)c(F)cc2C)c1C#N. The second-order valence-corrected chi connectivity index (χ2v) is 5.90. The maximum Gasteiger partial charge on any atom is 0.137 e. The third kappa shape index (κ3) is 2.97. The van der Waals surface area contributed by atoms with Crippen molar-refractivity contribution in [2.75, 3.05) is 11.6 Å². The third-order valence-corrected chi connectivity index (χ3v) is 4.28. The summed E-state index contributed by atoms with van der Waals surface area (Å²) in [7, 11) is 0. The summed E-state index contributed by atoms with van der Waals surface area (Å²) in [4.78, 5) is 0.913. The summed E-state index contributed by atoms with van der Waals surface area (Å²) in [6.07, 6.45) is 1.93. The van der Waals surface area contributed by atoms with Crippen LogP contribution in [0, 0.1) is 24.1 Å². The van der Waals surface area contributed by atoms with Gasteiger partial charge in [0.2, 0.25) is 0 Å². The minimum atomic E-state index is -0.300. The Balaban J connectivity index is 2.46. The van der Waals surface area contributed by atoms with E-state index in [9.17, 15) is 9.65 Å². The van der Waals surface area contributed by atoms with Gasteiger partial charge < -0.3 is 5.32 Å². The first-order valence-electron chi connectivity index (χ1n) is 5.86. The molecule has 0 saturated carbocycles. The Morgan fingerprint density at radius 3 is 2.70 bits per heavy atom. The molecule has 1 N–H and O–H groups in total. The normalized spacial score (nSPS) is 10.2. The number of aryl methyl sites for hydroxylation is 1. The summed E-state index contributed by atoms with van der Waals surface area (Å²) in [5.74, 6) is -0.300. The summed E-state index contributed by atoms with van der Waals surface area (Å²) in [5.41, 5.74) is 2.87. The van der Waals surface area contributed by atoms with Crippen molar-refractivity contribution in [1.82, 2.24) is 0 Å². The molecule has 20 heavy (non-hydrogen) atoms. The summed E-state index contributed by atoms with van der Waals surface area (Å²) in [5, 5.41) is 12.5. The van der Waals surface area contributed by atoms with Gasteiger partial charge in [0, 0.05) is 10.6 Å². The molecule has 0 aromatic heterocycles. The van der Waals surface area contributed by atoms with Crippen molar-refractivity contribution in [1.29, 1.82) is 5.26 Å². The number of nitrogens with zero attached hydrogens (tertiary/aromatic N) is 1. The van der Waals surface area contributed by atoms with Crippen LogP contribution in [0.3, 0.4) is 0 Å². The molecule has 5 heteroatoms. The van der Waals surface area contributed by atoms with Crippen molar-refractivity contribution >= 4 is 39.1 Å². The molecule has 0 aliphatic heterocycles. The number of nitriles is 1. The van der Waals surface area contributed by atoms with E-state index in [4.69, 9.17) is 0 Å². The van der Waals surface area contributed by atoms with Gasteiger partial charge in [0.15, 0.2) is 0 Å². The molecule has 0 radical (unpaired) electrons. The molecular formula is C15H12BrFN2S. The molecular weight excluding hydrogens is 339 g/mol. The summed E-state index contributed by atoms with van der Waals surface area (Å²) >= 11 is 4.70. The van der Waals surface area contributed by atoms with Gasteiger partial charge in [-0.15, -0.1) is 11.8 Å². The Hall–Kier alpha value is -1.51. The Bertz CT molecular complexity index is 695. The molecule has 0 unspecified atom stereocenters. The van der Waals surface area contributed by atoms with Crippen LogP contribution in [0.1, 0.15) is 11.1 Å². The van der Waals surface area contributed by atoms with Crippen LogP contribution < -0.4 is 5.32 Å². The molecule has 2 nitrogen and oxygen atoms in total. The van der Waals surface area contributed by atoms with Gasteiger partial charge >= 0.3 is 0 Å². The molecule has 0 saturated heterocycles. The van der Waals surface area contributed by atoms with Gasteiger partial charge in [-0.25, -0.2) is 4.39 Å². The highest BCUT2D eigenvalue weighted by atomic mass is 79.9. The van der Waals surface area contributed by atoms with Gasteiger partial charge in [-0.05, 0) is 58.9 Å². The van der Waals surface area contributed by atoms with Crippen LogP contribution in [0.4, 0.5) is 15.8 Å². The number of rotatable bonds is 3. The van der Waals surface area contributed by atoms with Crippen LogP contribution in [0.25, 0.3) is 0 Å². The van der Waals surface area contributed by atoms with E-state index in [0.29, 0.717) is 10.0 Å². The predicted octanol–water partition coefficient (Wildman–Crippen LogP) is 5.23. The lowest BCUT2D eigenvalue weighted by Crippen LogP contribution is -1.98. The molecule has 102 valence electrons. The third-order valence-electron chi connectivity index (χ3n) is 2.89. The van der Waals surface area contributed by atoms with E-state index in [1.807, 2.05) is 31.4 Å². The molecule has 0 bridgehead atoms.